The molecule has 0 N–H and O–H groups in total. The number of carbonyl (C=O) groups is 1. The lowest BCUT2D eigenvalue weighted by molar-refractivity contribution is -0.122. The Bertz CT molecular complexity index is 325. The number of hydrogen-bond acceptors (Lipinski definition) is 1. The molecular formula is C15H22O. The van der Waals surface area contributed by atoms with Crippen molar-refractivity contribution in [3.8, 4) is 0 Å². The van der Waals surface area contributed by atoms with Crippen molar-refractivity contribution in [3.63, 3.8) is 0 Å². The molecule has 88 valence electrons. The second kappa shape index (κ2) is 5.83. The lowest BCUT2D eigenvalue weighted by Gasteiger charge is -2.21. The van der Waals surface area contributed by atoms with Crippen LogP contribution < -0.4 is 0 Å². The molecule has 0 fully saturated rings. The first-order valence-corrected chi connectivity index (χ1v) is 6.10. The molecule has 16 heavy (non-hydrogen) atoms. The van der Waals surface area contributed by atoms with Crippen LogP contribution in [0, 0.1) is 11.8 Å². The third kappa shape index (κ3) is 3.48. The molecular weight excluding hydrogens is 196 g/mol. The largest absolute Gasteiger partial charge is 0.299 e. The molecule has 0 amide bonds. The summed E-state index contributed by atoms with van der Waals surface area (Å²) in [6.45, 7) is 8.33. The van der Waals surface area contributed by atoms with E-state index < -0.39 is 0 Å². The van der Waals surface area contributed by atoms with Crippen LogP contribution in [0.3, 0.4) is 0 Å². The van der Waals surface area contributed by atoms with Crippen LogP contribution >= 0.6 is 0 Å². The Balaban J connectivity index is 2.81. The standard InChI is InChI=1S/C15H22O/c1-11(2)14(10-15(16)12(3)4)13-8-6-5-7-9-13/h5-9,11-12,14H,10H2,1-4H3/t14-/m0/s1. The fourth-order valence-electron chi connectivity index (χ4n) is 1.89. The molecule has 0 aliphatic heterocycles. The molecule has 1 aromatic carbocycles. The van der Waals surface area contributed by atoms with Gasteiger partial charge < -0.3 is 0 Å². The molecule has 1 rings (SSSR count). The van der Waals surface area contributed by atoms with Gasteiger partial charge in [0, 0.05) is 12.3 Å². The molecule has 0 saturated carbocycles. The average Bonchev–Trinajstić information content (AvgIpc) is 2.26. The molecule has 0 saturated heterocycles. The second-order valence-electron chi connectivity index (χ2n) is 5.09. The van der Waals surface area contributed by atoms with E-state index in [0.29, 0.717) is 24.0 Å². The summed E-state index contributed by atoms with van der Waals surface area (Å²) < 4.78 is 0. The van der Waals surface area contributed by atoms with Crippen molar-refractivity contribution < 1.29 is 4.79 Å². The molecule has 0 spiro atoms. The van der Waals surface area contributed by atoms with Crippen molar-refractivity contribution in [1.29, 1.82) is 0 Å². The van der Waals surface area contributed by atoms with E-state index in [9.17, 15) is 4.79 Å². The molecule has 1 aromatic rings. The fraction of sp³-hybridized carbons (Fsp3) is 0.533. The Labute approximate surface area is 98.9 Å². The molecule has 0 unspecified atom stereocenters. The van der Waals surface area contributed by atoms with E-state index in [1.54, 1.807) is 0 Å². The molecule has 0 radical (unpaired) electrons. The molecule has 0 aliphatic rings. The second-order valence-corrected chi connectivity index (χ2v) is 5.09. The minimum absolute atomic E-state index is 0.143. The topological polar surface area (TPSA) is 17.1 Å². The number of carbonyl (C=O) groups excluding carboxylic acids is 1. The maximum absolute atomic E-state index is 11.8. The first-order valence-electron chi connectivity index (χ1n) is 6.10. The predicted octanol–water partition coefficient (Wildman–Crippen LogP) is 4.04. The lowest BCUT2D eigenvalue weighted by Crippen LogP contribution is -2.16. The molecule has 1 nitrogen and oxygen atoms in total. The molecule has 0 aromatic heterocycles. The lowest BCUT2D eigenvalue weighted by atomic mass is 9.83. The summed E-state index contributed by atoms with van der Waals surface area (Å²) in [4.78, 5) is 11.8. The highest BCUT2D eigenvalue weighted by Gasteiger charge is 2.20. The molecule has 1 atom stereocenters. The van der Waals surface area contributed by atoms with Gasteiger partial charge in [-0.2, -0.15) is 0 Å². The predicted molar refractivity (Wildman–Crippen MR) is 68.5 cm³/mol. The highest BCUT2D eigenvalue weighted by molar-refractivity contribution is 5.81. The Hall–Kier alpha value is -1.11. The van der Waals surface area contributed by atoms with Gasteiger partial charge in [0.15, 0.2) is 0 Å². The SMILES string of the molecule is CC(C)C(=O)C[C@H](c1ccccc1)C(C)C. The summed E-state index contributed by atoms with van der Waals surface area (Å²) in [6.07, 6.45) is 0.666. The van der Waals surface area contributed by atoms with Gasteiger partial charge in [-0.25, -0.2) is 0 Å². The average molecular weight is 218 g/mol. The summed E-state index contributed by atoms with van der Waals surface area (Å²) in [5.41, 5.74) is 1.28. The van der Waals surface area contributed by atoms with Gasteiger partial charge in [-0.1, -0.05) is 58.0 Å². The van der Waals surface area contributed by atoms with Crippen LogP contribution in [0.1, 0.15) is 45.6 Å². The van der Waals surface area contributed by atoms with Crippen LogP contribution in [-0.2, 0) is 4.79 Å². The summed E-state index contributed by atoms with van der Waals surface area (Å²) in [5, 5.41) is 0. The number of hydrogen-bond donors (Lipinski definition) is 0. The van der Waals surface area contributed by atoms with E-state index in [2.05, 4.69) is 26.0 Å². The highest BCUT2D eigenvalue weighted by Crippen LogP contribution is 2.28. The van der Waals surface area contributed by atoms with Crippen molar-refractivity contribution in [2.24, 2.45) is 11.8 Å². The summed E-state index contributed by atoms with van der Waals surface area (Å²) in [5.74, 6) is 1.37. The third-order valence-corrected chi connectivity index (χ3v) is 3.10. The number of benzene rings is 1. The van der Waals surface area contributed by atoms with E-state index in [0.717, 1.165) is 0 Å². The van der Waals surface area contributed by atoms with E-state index in [1.165, 1.54) is 5.56 Å². The van der Waals surface area contributed by atoms with Crippen LogP contribution in [0.2, 0.25) is 0 Å². The zero-order valence-corrected chi connectivity index (χ0v) is 10.7. The number of Topliss-reactive ketones (excluding diaryl/α,β-unsaturated/α-hetero) is 1. The number of ketones is 1. The maximum atomic E-state index is 11.8. The van der Waals surface area contributed by atoms with Crippen molar-refractivity contribution in [3.05, 3.63) is 35.9 Å². The summed E-state index contributed by atoms with van der Waals surface area (Å²) >= 11 is 0. The first-order chi connectivity index (χ1) is 7.52. The Kier molecular flexibility index (Phi) is 4.72. The van der Waals surface area contributed by atoms with Crippen LogP contribution in [0.4, 0.5) is 0 Å². The van der Waals surface area contributed by atoms with Gasteiger partial charge in [-0.05, 0) is 17.4 Å². The fourth-order valence-corrected chi connectivity index (χ4v) is 1.89. The monoisotopic (exact) mass is 218 g/mol. The van der Waals surface area contributed by atoms with Gasteiger partial charge in [0.25, 0.3) is 0 Å². The van der Waals surface area contributed by atoms with Gasteiger partial charge in [-0.15, -0.1) is 0 Å². The van der Waals surface area contributed by atoms with Crippen LogP contribution in [0.25, 0.3) is 0 Å². The van der Waals surface area contributed by atoms with E-state index >= 15 is 0 Å². The summed E-state index contributed by atoms with van der Waals surface area (Å²) in [7, 11) is 0. The van der Waals surface area contributed by atoms with Crippen molar-refractivity contribution in [2.75, 3.05) is 0 Å². The van der Waals surface area contributed by atoms with Crippen LogP contribution in [0.5, 0.6) is 0 Å². The van der Waals surface area contributed by atoms with Crippen molar-refractivity contribution in [1.82, 2.24) is 0 Å². The van der Waals surface area contributed by atoms with Crippen molar-refractivity contribution >= 4 is 5.78 Å². The minimum Gasteiger partial charge on any atom is -0.299 e. The Morgan fingerprint density at radius 2 is 1.62 bits per heavy atom. The summed E-state index contributed by atoms with van der Waals surface area (Å²) in [6, 6.07) is 10.4. The van der Waals surface area contributed by atoms with Gasteiger partial charge in [0.2, 0.25) is 0 Å². The van der Waals surface area contributed by atoms with Gasteiger partial charge >= 0.3 is 0 Å². The Morgan fingerprint density at radius 3 is 2.06 bits per heavy atom. The van der Waals surface area contributed by atoms with Crippen molar-refractivity contribution in [2.45, 2.75) is 40.0 Å². The maximum Gasteiger partial charge on any atom is 0.136 e. The molecule has 0 heterocycles. The first kappa shape index (κ1) is 13.0. The van der Waals surface area contributed by atoms with Gasteiger partial charge in [0.1, 0.15) is 5.78 Å². The van der Waals surface area contributed by atoms with Gasteiger partial charge in [0.05, 0.1) is 0 Å². The van der Waals surface area contributed by atoms with Crippen LogP contribution in [-0.4, -0.2) is 5.78 Å². The quantitative estimate of drug-likeness (QED) is 0.729. The van der Waals surface area contributed by atoms with Gasteiger partial charge in [-0.3, -0.25) is 4.79 Å². The smallest absolute Gasteiger partial charge is 0.136 e. The zero-order valence-electron chi connectivity index (χ0n) is 10.7. The van der Waals surface area contributed by atoms with E-state index in [1.807, 2.05) is 32.0 Å². The van der Waals surface area contributed by atoms with Crippen LogP contribution in [0.15, 0.2) is 30.3 Å². The Morgan fingerprint density at radius 1 is 1.06 bits per heavy atom. The third-order valence-electron chi connectivity index (χ3n) is 3.10. The normalized spacial score (nSPS) is 13.1. The molecule has 0 aliphatic carbocycles. The number of rotatable bonds is 5. The highest BCUT2D eigenvalue weighted by atomic mass is 16.1. The van der Waals surface area contributed by atoms with E-state index in [-0.39, 0.29) is 5.92 Å². The van der Waals surface area contributed by atoms with E-state index in [4.69, 9.17) is 0 Å². The minimum atomic E-state index is 0.143. The molecule has 1 heteroatoms. The zero-order chi connectivity index (χ0) is 12.1. The molecule has 0 bridgehead atoms.